The third kappa shape index (κ3) is 4.74. The number of nitrogens with one attached hydrogen (secondary N) is 1. The minimum absolute atomic E-state index is 0.00319. The third-order valence-corrected chi connectivity index (χ3v) is 8.42. The minimum Gasteiger partial charge on any atom is -0.376 e. The second kappa shape index (κ2) is 10.6. The van der Waals surface area contributed by atoms with E-state index in [1.54, 1.807) is 9.58 Å². The second-order valence-corrected chi connectivity index (χ2v) is 11.1. The highest BCUT2D eigenvalue weighted by atomic mass is 16.5. The first-order valence-corrected chi connectivity index (χ1v) is 14.6. The van der Waals surface area contributed by atoms with Crippen molar-refractivity contribution in [1.29, 1.82) is 0 Å². The number of carbonyl (C=O) groups excluding carboxylic acids is 2. The first-order valence-electron chi connectivity index (χ1n) is 14.6. The van der Waals surface area contributed by atoms with E-state index in [0.29, 0.717) is 6.54 Å². The van der Waals surface area contributed by atoms with Gasteiger partial charge < -0.3 is 19.5 Å². The predicted octanol–water partition coefficient (Wildman–Crippen LogP) is 4.59. The lowest BCUT2D eigenvalue weighted by Crippen LogP contribution is -2.47. The first kappa shape index (κ1) is 25.7. The molecule has 1 saturated carbocycles. The van der Waals surface area contributed by atoms with E-state index >= 15 is 0 Å². The van der Waals surface area contributed by atoms with Crippen LogP contribution in [0.25, 0.3) is 32.8 Å². The Balaban J connectivity index is 1.28. The summed E-state index contributed by atoms with van der Waals surface area (Å²) in [4.78, 5) is 29.9. The zero-order chi connectivity index (χ0) is 27.9. The van der Waals surface area contributed by atoms with Crippen molar-refractivity contribution in [2.45, 2.75) is 63.9 Å². The van der Waals surface area contributed by atoms with Crippen LogP contribution in [0.2, 0.25) is 0 Å². The van der Waals surface area contributed by atoms with Gasteiger partial charge in [0.25, 0.3) is 0 Å². The van der Waals surface area contributed by atoms with Crippen molar-refractivity contribution >= 4 is 44.7 Å². The number of nitrogens with zero attached hydrogens (tertiary/aromatic N) is 5. The molecular formula is C32H34N6O3. The molecule has 2 aliphatic rings. The maximum atomic E-state index is 14.1. The Morgan fingerprint density at radius 2 is 1.78 bits per heavy atom. The van der Waals surface area contributed by atoms with Crippen LogP contribution in [0.5, 0.6) is 0 Å². The maximum Gasteiger partial charge on any atom is 0.247 e. The van der Waals surface area contributed by atoms with Crippen LogP contribution in [0.4, 0.5) is 0 Å². The average molecular weight is 551 g/mol. The molecule has 0 spiro atoms. The molecule has 3 aromatic carbocycles. The van der Waals surface area contributed by atoms with Crippen LogP contribution in [0, 0.1) is 0 Å². The largest absolute Gasteiger partial charge is 0.376 e. The van der Waals surface area contributed by atoms with Gasteiger partial charge in [-0.25, -0.2) is 4.68 Å². The fourth-order valence-electron chi connectivity index (χ4n) is 6.29. The van der Waals surface area contributed by atoms with Crippen LogP contribution in [-0.4, -0.2) is 61.6 Å². The first-order chi connectivity index (χ1) is 20.1. The summed E-state index contributed by atoms with van der Waals surface area (Å²) in [5, 5.41) is 13.8. The van der Waals surface area contributed by atoms with Gasteiger partial charge in [-0.2, -0.15) is 0 Å². The molecule has 0 radical (unpaired) electrons. The molecule has 9 heteroatoms. The predicted molar refractivity (Wildman–Crippen MR) is 157 cm³/mol. The van der Waals surface area contributed by atoms with E-state index in [1.807, 2.05) is 36.4 Å². The molecule has 1 aliphatic heterocycles. The summed E-state index contributed by atoms with van der Waals surface area (Å²) in [6, 6.07) is 21.4. The smallest absolute Gasteiger partial charge is 0.247 e. The van der Waals surface area contributed by atoms with Gasteiger partial charge in [-0.1, -0.05) is 41.6 Å². The molecule has 2 atom stereocenters. The van der Waals surface area contributed by atoms with Gasteiger partial charge in [0.15, 0.2) is 0 Å². The van der Waals surface area contributed by atoms with Gasteiger partial charge in [0, 0.05) is 47.5 Å². The van der Waals surface area contributed by atoms with Gasteiger partial charge in [-0.15, -0.1) is 5.10 Å². The van der Waals surface area contributed by atoms with Gasteiger partial charge in [-0.3, -0.25) is 9.59 Å². The minimum atomic E-state index is -0.765. The molecule has 210 valence electrons. The van der Waals surface area contributed by atoms with Crippen LogP contribution in [0.1, 0.15) is 44.2 Å². The fourth-order valence-corrected chi connectivity index (χ4v) is 6.29. The third-order valence-electron chi connectivity index (χ3n) is 8.42. The Kier molecular flexibility index (Phi) is 6.66. The Morgan fingerprint density at radius 3 is 2.56 bits per heavy atom. The Bertz CT molecular complexity index is 1750. The number of rotatable bonds is 9. The molecule has 41 heavy (non-hydrogen) atoms. The van der Waals surface area contributed by atoms with Gasteiger partial charge in [0.2, 0.25) is 11.8 Å². The van der Waals surface area contributed by atoms with Crippen LogP contribution in [-0.2, 0) is 27.4 Å². The van der Waals surface area contributed by atoms with Crippen molar-refractivity contribution in [2.75, 3.05) is 13.2 Å². The summed E-state index contributed by atoms with van der Waals surface area (Å²) in [5.41, 5.74) is 4.63. The standard InChI is InChI=1S/C32H34N6O3/c1-2-36-27-11-5-3-9-24(27)25-18-21(13-16-28(25)36)31(32(40)33-19-23-8-7-17-41-23)38(22-14-15-22)30(39)20-37-29-12-6-4-10-26(29)34-35-37/h3-6,9-13,16,18,22-23,31H,2,7-8,14-15,17,19-20H2,1H3,(H,33,40)/t23-,31+/m1/s1. The highest BCUT2D eigenvalue weighted by Crippen LogP contribution is 2.38. The Morgan fingerprint density at radius 1 is 1.00 bits per heavy atom. The number of para-hydroxylation sites is 2. The van der Waals surface area contributed by atoms with Crippen LogP contribution < -0.4 is 5.32 Å². The zero-order valence-electron chi connectivity index (χ0n) is 23.2. The molecule has 3 heterocycles. The summed E-state index contributed by atoms with van der Waals surface area (Å²) in [7, 11) is 0. The van der Waals surface area contributed by atoms with E-state index < -0.39 is 6.04 Å². The molecule has 1 aliphatic carbocycles. The van der Waals surface area contributed by atoms with Gasteiger partial charge >= 0.3 is 0 Å². The van der Waals surface area contributed by atoms with E-state index in [1.165, 1.54) is 0 Å². The van der Waals surface area contributed by atoms with Gasteiger partial charge in [0.05, 0.1) is 11.6 Å². The summed E-state index contributed by atoms with van der Waals surface area (Å²) < 4.78 is 9.70. The fraction of sp³-hybridized carbons (Fsp3) is 0.375. The van der Waals surface area contributed by atoms with Crippen molar-refractivity contribution in [2.24, 2.45) is 0 Å². The lowest BCUT2D eigenvalue weighted by atomic mass is 10.0. The number of amides is 2. The number of aryl methyl sites for hydroxylation is 1. The van der Waals surface area contributed by atoms with Crippen molar-refractivity contribution in [3.8, 4) is 0 Å². The summed E-state index contributed by atoms with van der Waals surface area (Å²) in [6.07, 6.45) is 3.68. The van der Waals surface area contributed by atoms with Crippen molar-refractivity contribution in [1.82, 2.24) is 29.8 Å². The molecule has 2 aromatic heterocycles. The topological polar surface area (TPSA) is 94.3 Å². The highest BCUT2D eigenvalue weighted by molar-refractivity contribution is 6.08. The monoisotopic (exact) mass is 550 g/mol. The van der Waals surface area contributed by atoms with E-state index in [-0.39, 0.29) is 30.5 Å². The van der Waals surface area contributed by atoms with Crippen molar-refractivity contribution in [3.05, 3.63) is 72.3 Å². The molecule has 5 aromatic rings. The van der Waals surface area contributed by atoms with Crippen molar-refractivity contribution in [3.63, 3.8) is 0 Å². The number of benzene rings is 3. The Hall–Kier alpha value is -4.24. The average Bonchev–Trinajstić information content (AvgIpc) is 3.40. The molecule has 9 nitrogen and oxygen atoms in total. The molecule has 2 fully saturated rings. The van der Waals surface area contributed by atoms with E-state index in [4.69, 9.17) is 4.74 Å². The molecule has 0 bridgehead atoms. The summed E-state index contributed by atoms with van der Waals surface area (Å²) in [5.74, 6) is -0.320. The van der Waals surface area contributed by atoms with Crippen LogP contribution in [0.15, 0.2) is 66.7 Å². The van der Waals surface area contributed by atoms with Crippen LogP contribution >= 0.6 is 0 Å². The summed E-state index contributed by atoms with van der Waals surface area (Å²) in [6.45, 7) is 4.16. The molecule has 1 N–H and O–H groups in total. The quantitative estimate of drug-likeness (QED) is 0.290. The molecule has 2 amide bonds. The lowest BCUT2D eigenvalue weighted by molar-refractivity contribution is -0.142. The van der Waals surface area contributed by atoms with Crippen LogP contribution in [0.3, 0.4) is 0 Å². The number of ether oxygens (including phenoxy) is 1. The normalized spacial score (nSPS) is 17.8. The van der Waals surface area contributed by atoms with E-state index in [2.05, 4.69) is 57.5 Å². The second-order valence-electron chi connectivity index (χ2n) is 11.1. The number of aromatic nitrogens is 4. The summed E-state index contributed by atoms with van der Waals surface area (Å²) >= 11 is 0. The highest BCUT2D eigenvalue weighted by Gasteiger charge is 2.42. The number of hydrogen-bond donors (Lipinski definition) is 1. The van der Waals surface area contributed by atoms with E-state index in [0.717, 1.165) is 77.2 Å². The van der Waals surface area contributed by atoms with Gasteiger partial charge in [0.1, 0.15) is 18.1 Å². The maximum absolute atomic E-state index is 14.1. The molecule has 1 saturated heterocycles. The molecule has 7 rings (SSSR count). The zero-order valence-corrected chi connectivity index (χ0v) is 23.2. The number of hydrogen-bond acceptors (Lipinski definition) is 5. The van der Waals surface area contributed by atoms with Crippen molar-refractivity contribution < 1.29 is 14.3 Å². The van der Waals surface area contributed by atoms with E-state index in [9.17, 15) is 9.59 Å². The SMILES string of the molecule is CCn1c2ccccc2c2cc([C@@H](C(=O)NC[C@H]3CCCO3)N(C(=O)Cn3nnc4ccccc43)C3CC3)ccc21. The number of fused-ring (bicyclic) bond motifs is 4. The Labute approximate surface area is 238 Å². The number of carbonyl (C=O) groups is 2. The van der Waals surface area contributed by atoms with Gasteiger partial charge in [-0.05, 0) is 68.5 Å². The molecular weight excluding hydrogens is 516 g/mol. The molecule has 0 unspecified atom stereocenters. The lowest BCUT2D eigenvalue weighted by Gasteiger charge is -2.32.